The largest absolute Gasteiger partial charge is 0.497 e. The summed E-state index contributed by atoms with van der Waals surface area (Å²) in [5, 5.41) is 16.7. The van der Waals surface area contributed by atoms with Crippen molar-refractivity contribution >= 4 is 5.96 Å². The molecule has 0 aliphatic heterocycles. The SMILES string of the molecule is CCNC(=NCC(c1cccc(OC)c1)N(CC)CC)NC1CCC(O)CC1. The van der Waals surface area contributed by atoms with Crippen LogP contribution >= 0.6 is 0 Å². The number of methoxy groups -OCH3 is 1. The summed E-state index contributed by atoms with van der Waals surface area (Å²) in [6.45, 7) is 9.92. The number of rotatable bonds is 9. The number of hydrogen-bond acceptors (Lipinski definition) is 4. The third kappa shape index (κ3) is 6.67. The Morgan fingerprint density at radius 1 is 1.21 bits per heavy atom. The summed E-state index contributed by atoms with van der Waals surface area (Å²) in [6.07, 6.45) is 3.56. The van der Waals surface area contributed by atoms with E-state index in [9.17, 15) is 5.11 Å². The summed E-state index contributed by atoms with van der Waals surface area (Å²) in [6, 6.07) is 8.88. The molecule has 1 atom stereocenters. The molecule has 0 amide bonds. The lowest BCUT2D eigenvalue weighted by Gasteiger charge is -2.30. The van der Waals surface area contributed by atoms with E-state index in [1.807, 2.05) is 12.1 Å². The lowest BCUT2D eigenvalue weighted by atomic mass is 9.93. The zero-order valence-corrected chi connectivity index (χ0v) is 17.9. The number of likely N-dealkylation sites (N-methyl/N-ethyl adjacent to an activating group) is 1. The van der Waals surface area contributed by atoms with Crippen LogP contribution in [0.25, 0.3) is 0 Å². The number of ether oxygens (including phenoxy) is 1. The van der Waals surface area contributed by atoms with Crippen molar-refractivity contribution in [2.75, 3.05) is 33.3 Å². The van der Waals surface area contributed by atoms with Gasteiger partial charge in [-0.05, 0) is 63.4 Å². The number of aliphatic hydroxyl groups is 1. The second-order valence-corrected chi connectivity index (χ2v) is 7.38. The van der Waals surface area contributed by atoms with E-state index in [-0.39, 0.29) is 12.1 Å². The van der Waals surface area contributed by atoms with E-state index in [0.717, 1.165) is 57.0 Å². The highest BCUT2D eigenvalue weighted by atomic mass is 16.5. The highest BCUT2D eigenvalue weighted by Crippen LogP contribution is 2.25. The molecule has 2 rings (SSSR count). The molecule has 1 unspecified atom stereocenters. The van der Waals surface area contributed by atoms with E-state index >= 15 is 0 Å². The first-order valence-electron chi connectivity index (χ1n) is 10.7. The van der Waals surface area contributed by atoms with E-state index in [0.29, 0.717) is 12.6 Å². The molecule has 3 N–H and O–H groups in total. The van der Waals surface area contributed by atoms with Crippen LogP contribution in [0.4, 0.5) is 0 Å². The normalized spacial score (nSPS) is 21.4. The Morgan fingerprint density at radius 3 is 2.54 bits per heavy atom. The maximum absolute atomic E-state index is 9.74. The number of nitrogens with one attached hydrogen (secondary N) is 2. The Bertz CT molecular complexity index is 596. The van der Waals surface area contributed by atoms with Gasteiger partial charge >= 0.3 is 0 Å². The molecule has 1 aliphatic carbocycles. The van der Waals surface area contributed by atoms with Crippen LogP contribution < -0.4 is 15.4 Å². The van der Waals surface area contributed by atoms with E-state index < -0.39 is 0 Å². The van der Waals surface area contributed by atoms with E-state index in [1.165, 1.54) is 5.56 Å². The second kappa shape index (κ2) is 11.9. The molecule has 6 heteroatoms. The Kier molecular flexibility index (Phi) is 9.58. The van der Waals surface area contributed by atoms with Gasteiger partial charge in [-0.15, -0.1) is 0 Å². The highest BCUT2D eigenvalue weighted by Gasteiger charge is 2.21. The monoisotopic (exact) mass is 390 g/mol. The highest BCUT2D eigenvalue weighted by molar-refractivity contribution is 5.80. The number of aliphatic imine (C=N–C) groups is 1. The van der Waals surface area contributed by atoms with Crippen molar-refractivity contribution in [3.8, 4) is 5.75 Å². The summed E-state index contributed by atoms with van der Waals surface area (Å²) < 4.78 is 5.43. The van der Waals surface area contributed by atoms with Crippen molar-refractivity contribution in [1.82, 2.24) is 15.5 Å². The van der Waals surface area contributed by atoms with E-state index in [1.54, 1.807) is 7.11 Å². The van der Waals surface area contributed by atoms with Gasteiger partial charge < -0.3 is 20.5 Å². The molecule has 158 valence electrons. The molecule has 0 heterocycles. The average Bonchev–Trinajstić information content (AvgIpc) is 2.72. The minimum atomic E-state index is -0.141. The standard InChI is InChI=1S/C22H38N4O2/c1-5-23-22(25-18-11-13-19(27)14-12-18)24-16-21(26(6-2)7-3)17-9-8-10-20(15-17)28-4/h8-10,15,18-19,21,27H,5-7,11-14,16H2,1-4H3,(H2,23,24,25). The zero-order valence-electron chi connectivity index (χ0n) is 17.9. The van der Waals surface area contributed by atoms with Gasteiger partial charge in [0, 0.05) is 12.6 Å². The van der Waals surface area contributed by atoms with Gasteiger partial charge in [-0.1, -0.05) is 26.0 Å². The summed E-state index contributed by atoms with van der Waals surface area (Å²) in [7, 11) is 1.71. The molecule has 0 saturated heterocycles. The lowest BCUT2D eigenvalue weighted by Crippen LogP contribution is -2.45. The van der Waals surface area contributed by atoms with Crippen molar-refractivity contribution in [3.63, 3.8) is 0 Å². The molecular weight excluding hydrogens is 352 g/mol. The number of hydrogen-bond donors (Lipinski definition) is 3. The van der Waals surface area contributed by atoms with Gasteiger partial charge in [0.05, 0.1) is 25.8 Å². The average molecular weight is 391 g/mol. The van der Waals surface area contributed by atoms with Crippen molar-refractivity contribution in [3.05, 3.63) is 29.8 Å². The van der Waals surface area contributed by atoms with Crippen LogP contribution in [0, 0.1) is 0 Å². The van der Waals surface area contributed by atoms with Gasteiger partial charge in [0.2, 0.25) is 0 Å². The summed E-state index contributed by atoms with van der Waals surface area (Å²) in [4.78, 5) is 7.35. The zero-order chi connectivity index (χ0) is 20.4. The minimum absolute atomic E-state index is 0.141. The van der Waals surface area contributed by atoms with Gasteiger partial charge in [0.1, 0.15) is 5.75 Å². The molecule has 28 heavy (non-hydrogen) atoms. The third-order valence-electron chi connectivity index (χ3n) is 5.54. The first kappa shape index (κ1) is 22.5. The topological polar surface area (TPSA) is 69.1 Å². The first-order chi connectivity index (χ1) is 13.6. The Balaban J connectivity index is 2.14. The second-order valence-electron chi connectivity index (χ2n) is 7.38. The van der Waals surface area contributed by atoms with Crippen molar-refractivity contribution in [2.24, 2.45) is 4.99 Å². The fourth-order valence-corrected chi connectivity index (χ4v) is 3.86. The van der Waals surface area contributed by atoms with Gasteiger partial charge in [-0.2, -0.15) is 0 Å². The van der Waals surface area contributed by atoms with Crippen LogP contribution in [-0.4, -0.2) is 61.4 Å². The Labute approximate surface area is 170 Å². The van der Waals surface area contributed by atoms with Crippen LogP contribution in [0.15, 0.2) is 29.3 Å². The summed E-state index contributed by atoms with van der Waals surface area (Å²) >= 11 is 0. The van der Waals surface area contributed by atoms with Gasteiger partial charge in [-0.25, -0.2) is 0 Å². The van der Waals surface area contributed by atoms with Crippen LogP contribution in [0.2, 0.25) is 0 Å². The quantitative estimate of drug-likeness (QED) is 0.447. The molecule has 0 aromatic heterocycles. The lowest BCUT2D eigenvalue weighted by molar-refractivity contribution is 0.120. The molecule has 0 spiro atoms. The maximum Gasteiger partial charge on any atom is 0.191 e. The fraction of sp³-hybridized carbons (Fsp3) is 0.682. The smallest absolute Gasteiger partial charge is 0.191 e. The van der Waals surface area contributed by atoms with Crippen LogP contribution in [0.5, 0.6) is 5.75 Å². The Hall–Kier alpha value is -1.79. The van der Waals surface area contributed by atoms with Crippen LogP contribution in [0.1, 0.15) is 58.1 Å². The number of nitrogens with zero attached hydrogens (tertiary/aromatic N) is 2. The molecule has 1 saturated carbocycles. The molecule has 1 aliphatic rings. The fourth-order valence-electron chi connectivity index (χ4n) is 3.86. The molecular formula is C22H38N4O2. The summed E-state index contributed by atoms with van der Waals surface area (Å²) in [5.74, 6) is 1.74. The molecule has 6 nitrogen and oxygen atoms in total. The van der Waals surface area contributed by atoms with Gasteiger partial charge in [0.15, 0.2) is 5.96 Å². The summed E-state index contributed by atoms with van der Waals surface area (Å²) in [5.41, 5.74) is 1.23. The predicted octanol–water partition coefficient (Wildman–Crippen LogP) is 2.94. The maximum atomic E-state index is 9.74. The number of guanidine groups is 1. The third-order valence-corrected chi connectivity index (χ3v) is 5.54. The minimum Gasteiger partial charge on any atom is -0.497 e. The molecule has 0 radical (unpaired) electrons. The molecule has 0 bridgehead atoms. The Morgan fingerprint density at radius 2 is 1.93 bits per heavy atom. The molecule has 1 fully saturated rings. The van der Waals surface area contributed by atoms with E-state index in [4.69, 9.17) is 9.73 Å². The van der Waals surface area contributed by atoms with Crippen molar-refractivity contribution in [2.45, 2.75) is 64.6 Å². The van der Waals surface area contributed by atoms with Crippen LogP contribution in [0.3, 0.4) is 0 Å². The molecule has 1 aromatic carbocycles. The van der Waals surface area contributed by atoms with Gasteiger partial charge in [0.25, 0.3) is 0 Å². The van der Waals surface area contributed by atoms with E-state index in [2.05, 4.69) is 48.4 Å². The van der Waals surface area contributed by atoms with Gasteiger partial charge in [-0.3, -0.25) is 9.89 Å². The van der Waals surface area contributed by atoms with Crippen molar-refractivity contribution in [1.29, 1.82) is 0 Å². The van der Waals surface area contributed by atoms with Crippen LogP contribution in [-0.2, 0) is 0 Å². The number of benzene rings is 1. The number of aliphatic hydroxyl groups excluding tert-OH is 1. The molecule has 1 aromatic rings. The predicted molar refractivity (Wildman–Crippen MR) is 116 cm³/mol. The van der Waals surface area contributed by atoms with Crippen molar-refractivity contribution < 1.29 is 9.84 Å². The first-order valence-corrected chi connectivity index (χ1v) is 10.7.